The maximum Gasteiger partial charge on any atom is 0.490 e. The van der Waals surface area contributed by atoms with Crippen molar-refractivity contribution in [3.8, 4) is 11.1 Å². The van der Waals surface area contributed by atoms with Gasteiger partial charge >= 0.3 is 18.2 Å². The van der Waals surface area contributed by atoms with Gasteiger partial charge in [-0.05, 0) is 35.2 Å². The molecule has 2 heterocycles. The van der Waals surface area contributed by atoms with Gasteiger partial charge in [0.2, 0.25) is 0 Å². The fraction of sp³-hybridized carbons (Fsp3) is 0.400. The van der Waals surface area contributed by atoms with E-state index in [2.05, 4.69) is 26.1 Å². The highest BCUT2D eigenvalue weighted by Gasteiger charge is 2.39. The van der Waals surface area contributed by atoms with Crippen LogP contribution in [0.5, 0.6) is 0 Å². The van der Waals surface area contributed by atoms with Crippen molar-refractivity contribution < 1.29 is 46.1 Å². The average molecular weight is 614 g/mol. The molecular formula is C30H33F6N3O4. The van der Waals surface area contributed by atoms with E-state index in [4.69, 9.17) is 9.90 Å². The summed E-state index contributed by atoms with van der Waals surface area (Å²) in [6.07, 6.45) is -5.63. The summed E-state index contributed by atoms with van der Waals surface area (Å²) < 4.78 is 77.0. The molecule has 1 fully saturated rings. The van der Waals surface area contributed by atoms with Crippen LogP contribution in [0.4, 0.5) is 31.1 Å². The maximum atomic E-state index is 14.7. The summed E-state index contributed by atoms with van der Waals surface area (Å²) in [7, 11) is 0. The highest BCUT2D eigenvalue weighted by Crippen LogP contribution is 2.37. The molecule has 0 bridgehead atoms. The number of likely N-dealkylation sites (tertiary alicyclic amines) is 1. The third kappa shape index (κ3) is 8.99. The molecule has 4 rings (SSSR count). The molecule has 1 aliphatic heterocycles. The number of nitrogens with one attached hydrogen (secondary N) is 1. The monoisotopic (exact) mass is 613 g/mol. The van der Waals surface area contributed by atoms with Gasteiger partial charge in [-0.2, -0.15) is 13.2 Å². The molecule has 1 amide bonds. The van der Waals surface area contributed by atoms with Gasteiger partial charge in [0.25, 0.3) is 0 Å². The van der Waals surface area contributed by atoms with E-state index in [-0.39, 0.29) is 36.7 Å². The number of rotatable bonds is 7. The number of aromatic nitrogens is 1. The van der Waals surface area contributed by atoms with Gasteiger partial charge in [-0.3, -0.25) is 0 Å². The summed E-state index contributed by atoms with van der Waals surface area (Å²) in [5.74, 6) is -4.26. The Morgan fingerprint density at radius 1 is 1.00 bits per heavy atom. The Labute approximate surface area is 244 Å². The van der Waals surface area contributed by atoms with Crippen molar-refractivity contribution in [1.29, 1.82) is 0 Å². The van der Waals surface area contributed by atoms with E-state index in [1.165, 1.54) is 6.07 Å². The van der Waals surface area contributed by atoms with E-state index in [1.54, 1.807) is 0 Å². The zero-order valence-corrected chi connectivity index (χ0v) is 23.7. The number of aliphatic carboxylic acids is 1. The van der Waals surface area contributed by atoms with Gasteiger partial charge in [0.15, 0.2) is 0 Å². The minimum absolute atomic E-state index is 0.130. The lowest BCUT2D eigenvalue weighted by Crippen LogP contribution is -2.39. The first-order chi connectivity index (χ1) is 20.0. The van der Waals surface area contributed by atoms with Crippen LogP contribution < -0.4 is 5.32 Å². The zero-order valence-electron chi connectivity index (χ0n) is 23.7. The maximum absolute atomic E-state index is 14.7. The lowest BCUT2D eigenvalue weighted by Gasteiger charge is -2.34. The Bertz CT molecular complexity index is 1410. The number of alkyl halides is 4. The van der Waals surface area contributed by atoms with E-state index in [1.807, 2.05) is 47.2 Å². The fourth-order valence-corrected chi connectivity index (χ4v) is 4.86. The second-order valence-corrected chi connectivity index (χ2v) is 11.4. The SMILES string of the molecule is CC(C)(C)C(NC[C@@H]1CN(C(=O)O)C[C@@H]1F)c1cc(-c2cc(F)ccc2F)cn1Cc1ccccc1.O=C(O)C(F)(F)F. The standard InChI is InChI=1S/C28H32F3N3O2.C2HF3O2/c1-28(2,3)26(32-13-20-16-34(27(35)36)17-24(20)31)25-11-19(22-12-21(29)9-10-23(22)30)15-33(25)14-18-7-5-4-6-8-18;3-2(4,5)1(6)7/h4-12,15,20,24,26,32H,13-14,16-17H2,1-3H3,(H,35,36);(H,6,7)/t20-,24+,26?;/m1./s1. The quantitative estimate of drug-likeness (QED) is 0.257. The van der Waals surface area contributed by atoms with Gasteiger partial charge in [0.05, 0.1) is 12.6 Å². The normalized spacial score (nSPS) is 17.7. The van der Waals surface area contributed by atoms with Crippen molar-refractivity contribution in [3.63, 3.8) is 0 Å². The summed E-state index contributed by atoms with van der Waals surface area (Å²) in [6, 6.07) is 14.8. The summed E-state index contributed by atoms with van der Waals surface area (Å²) in [6.45, 7) is 6.96. The minimum Gasteiger partial charge on any atom is -0.475 e. The molecule has 13 heteroatoms. The van der Waals surface area contributed by atoms with E-state index in [9.17, 15) is 36.2 Å². The first-order valence-corrected chi connectivity index (χ1v) is 13.3. The molecule has 1 unspecified atom stereocenters. The molecule has 43 heavy (non-hydrogen) atoms. The molecule has 2 aromatic carbocycles. The van der Waals surface area contributed by atoms with E-state index < -0.39 is 42.0 Å². The summed E-state index contributed by atoms with van der Waals surface area (Å²) in [5, 5.41) is 19.8. The largest absolute Gasteiger partial charge is 0.490 e. The number of halogens is 6. The Hall–Kier alpha value is -4.00. The molecule has 0 saturated carbocycles. The number of benzene rings is 2. The molecular weight excluding hydrogens is 580 g/mol. The lowest BCUT2D eigenvalue weighted by molar-refractivity contribution is -0.192. The van der Waals surface area contributed by atoms with Crippen molar-refractivity contribution in [2.24, 2.45) is 11.3 Å². The topological polar surface area (TPSA) is 94.8 Å². The number of hydrogen-bond acceptors (Lipinski definition) is 3. The number of nitrogens with zero attached hydrogens (tertiary/aromatic N) is 2. The molecule has 3 atom stereocenters. The van der Waals surface area contributed by atoms with Crippen LogP contribution in [0.25, 0.3) is 11.1 Å². The predicted octanol–water partition coefficient (Wildman–Crippen LogP) is 6.74. The third-order valence-electron chi connectivity index (χ3n) is 6.99. The van der Waals surface area contributed by atoms with Gasteiger partial charge in [0.1, 0.15) is 17.8 Å². The van der Waals surface area contributed by atoms with Crippen LogP contribution in [-0.4, -0.2) is 63.7 Å². The second kappa shape index (κ2) is 13.5. The molecule has 1 saturated heterocycles. The first kappa shape index (κ1) is 33.5. The highest BCUT2D eigenvalue weighted by molar-refractivity contribution is 5.73. The van der Waals surface area contributed by atoms with Gasteiger partial charge in [-0.15, -0.1) is 0 Å². The lowest BCUT2D eigenvalue weighted by atomic mass is 9.84. The summed E-state index contributed by atoms with van der Waals surface area (Å²) in [5.41, 5.74) is 2.31. The Balaban J connectivity index is 0.000000646. The summed E-state index contributed by atoms with van der Waals surface area (Å²) in [4.78, 5) is 21.3. The van der Waals surface area contributed by atoms with Crippen LogP contribution in [0.1, 0.15) is 38.1 Å². The van der Waals surface area contributed by atoms with Crippen LogP contribution in [0.3, 0.4) is 0 Å². The number of hydrogen-bond donors (Lipinski definition) is 3. The van der Waals surface area contributed by atoms with Gasteiger partial charge in [-0.25, -0.2) is 22.8 Å². The van der Waals surface area contributed by atoms with Crippen molar-refractivity contribution in [2.75, 3.05) is 19.6 Å². The number of carboxylic acids is 1. The fourth-order valence-electron chi connectivity index (χ4n) is 4.86. The van der Waals surface area contributed by atoms with Crippen LogP contribution in [0.15, 0.2) is 60.8 Å². The molecule has 0 radical (unpaired) electrons. The molecule has 0 aliphatic carbocycles. The second-order valence-electron chi connectivity index (χ2n) is 11.4. The molecule has 0 spiro atoms. The molecule has 1 aliphatic rings. The first-order valence-electron chi connectivity index (χ1n) is 13.3. The highest BCUT2D eigenvalue weighted by atomic mass is 19.4. The number of amides is 1. The smallest absolute Gasteiger partial charge is 0.475 e. The van der Waals surface area contributed by atoms with Crippen LogP contribution in [0, 0.1) is 23.0 Å². The predicted molar refractivity (Wildman–Crippen MR) is 147 cm³/mol. The van der Waals surface area contributed by atoms with Crippen molar-refractivity contribution in [2.45, 2.75) is 45.7 Å². The van der Waals surface area contributed by atoms with E-state index in [0.29, 0.717) is 12.1 Å². The minimum atomic E-state index is -5.08. The van der Waals surface area contributed by atoms with Gasteiger partial charge < -0.3 is 25.0 Å². The summed E-state index contributed by atoms with van der Waals surface area (Å²) >= 11 is 0. The van der Waals surface area contributed by atoms with Gasteiger partial charge in [-0.1, -0.05) is 51.1 Å². The third-order valence-corrected chi connectivity index (χ3v) is 6.99. The van der Waals surface area contributed by atoms with Gasteiger partial charge in [0, 0.05) is 48.6 Å². The van der Waals surface area contributed by atoms with Crippen LogP contribution >= 0.6 is 0 Å². The zero-order chi connectivity index (χ0) is 32.1. The van der Waals surface area contributed by atoms with Crippen LogP contribution in [-0.2, 0) is 11.3 Å². The Morgan fingerprint density at radius 3 is 2.16 bits per heavy atom. The number of carbonyl (C=O) groups is 2. The molecule has 3 aromatic rings. The Kier molecular flexibility index (Phi) is 10.5. The van der Waals surface area contributed by atoms with Crippen molar-refractivity contribution >= 4 is 12.1 Å². The van der Waals surface area contributed by atoms with E-state index >= 15 is 0 Å². The number of carboxylic acid groups (broad SMARTS) is 2. The molecule has 234 valence electrons. The van der Waals surface area contributed by atoms with Crippen LogP contribution in [0.2, 0.25) is 0 Å². The Morgan fingerprint density at radius 2 is 1.63 bits per heavy atom. The molecule has 1 aromatic heterocycles. The van der Waals surface area contributed by atoms with Crippen molar-refractivity contribution in [3.05, 3.63) is 83.7 Å². The van der Waals surface area contributed by atoms with E-state index in [0.717, 1.165) is 28.3 Å². The molecule has 7 nitrogen and oxygen atoms in total. The van der Waals surface area contributed by atoms with Crippen molar-refractivity contribution in [1.82, 2.24) is 14.8 Å². The average Bonchev–Trinajstić information content (AvgIpc) is 3.49. The molecule has 3 N–H and O–H groups in total.